The van der Waals surface area contributed by atoms with E-state index in [4.69, 9.17) is 37.0 Å². The van der Waals surface area contributed by atoms with E-state index in [9.17, 15) is 43.2 Å². The molecule has 0 heterocycles. The first-order valence-corrected chi connectivity index (χ1v) is 31.1. The summed E-state index contributed by atoms with van der Waals surface area (Å²) in [5.41, 5.74) is 0. The predicted molar refractivity (Wildman–Crippen MR) is 280 cm³/mol. The Labute approximate surface area is 435 Å². The summed E-state index contributed by atoms with van der Waals surface area (Å²) in [6, 6.07) is 0. The zero-order valence-corrected chi connectivity index (χ0v) is 47.3. The number of aliphatic hydroxyl groups is 1. The lowest BCUT2D eigenvalue weighted by Crippen LogP contribution is -2.30. The third kappa shape index (κ3) is 47.8. The van der Waals surface area contributed by atoms with Crippen molar-refractivity contribution in [2.24, 2.45) is 5.92 Å². The Hall–Kier alpha value is -1.94. The monoisotopic (exact) mass is 1070 g/mol. The van der Waals surface area contributed by atoms with Gasteiger partial charge in [0.2, 0.25) is 0 Å². The molecular weight excluding hydrogens is 971 g/mol. The highest BCUT2D eigenvalue weighted by Crippen LogP contribution is 2.45. The smallest absolute Gasteiger partial charge is 0.462 e. The number of hydrogen-bond donors (Lipinski definition) is 3. The molecule has 0 aliphatic heterocycles. The van der Waals surface area contributed by atoms with Gasteiger partial charge in [-0.05, 0) is 31.6 Å². The summed E-state index contributed by atoms with van der Waals surface area (Å²) in [5, 5.41) is 10.4. The molecule has 0 amide bonds. The molecule has 0 rings (SSSR count). The average molecular weight is 1070 g/mol. The van der Waals surface area contributed by atoms with Crippen molar-refractivity contribution in [3.63, 3.8) is 0 Å². The van der Waals surface area contributed by atoms with Gasteiger partial charge in [-0.1, -0.05) is 202 Å². The van der Waals surface area contributed by atoms with Crippen LogP contribution >= 0.6 is 15.6 Å². The first kappa shape index (κ1) is 70.1. The minimum Gasteiger partial charge on any atom is -0.462 e. The lowest BCUT2D eigenvalue weighted by Gasteiger charge is -2.21. The number of esters is 4. The maximum atomic E-state index is 12.9. The molecular formula is C53H102O17P2. The Morgan fingerprint density at radius 1 is 0.375 bits per heavy atom. The second-order valence-corrected chi connectivity index (χ2v) is 22.6. The van der Waals surface area contributed by atoms with Gasteiger partial charge < -0.3 is 33.8 Å². The second kappa shape index (κ2) is 47.5. The van der Waals surface area contributed by atoms with E-state index in [1.165, 1.54) is 70.6 Å². The van der Waals surface area contributed by atoms with E-state index in [2.05, 4.69) is 34.6 Å². The lowest BCUT2D eigenvalue weighted by molar-refractivity contribution is -0.161. The van der Waals surface area contributed by atoms with Gasteiger partial charge in [0.25, 0.3) is 0 Å². The highest BCUT2D eigenvalue weighted by atomic mass is 31.2. The fraction of sp³-hybridized carbons (Fsp3) is 0.925. The summed E-state index contributed by atoms with van der Waals surface area (Å²) in [4.78, 5) is 71.1. The Morgan fingerprint density at radius 3 is 0.944 bits per heavy atom. The minimum absolute atomic E-state index is 0.0986. The second-order valence-electron chi connectivity index (χ2n) is 19.7. The molecule has 2 unspecified atom stereocenters. The molecule has 0 spiro atoms. The van der Waals surface area contributed by atoms with Crippen LogP contribution in [0, 0.1) is 5.92 Å². The summed E-state index contributed by atoms with van der Waals surface area (Å²) in [6.45, 7) is 6.90. The molecule has 19 heteroatoms. The van der Waals surface area contributed by atoms with Crippen molar-refractivity contribution in [3.05, 3.63) is 0 Å². The molecule has 0 aliphatic rings. The van der Waals surface area contributed by atoms with Crippen molar-refractivity contribution < 1.29 is 80.2 Å². The Morgan fingerprint density at radius 2 is 0.639 bits per heavy atom. The highest BCUT2D eigenvalue weighted by molar-refractivity contribution is 7.47. The van der Waals surface area contributed by atoms with Gasteiger partial charge in [0, 0.05) is 25.7 Å². The van der Waals surface area contributed by atoms with E-state index in [0.717, 1.165) is 102 Å². The molecule has 0 aromatic rings. The quantitative estimate of drug-likeness (QED) is 0.0222. The Balaban J connectivity index is 5.14. The van der Waals surface area contributed by atoms with E-state index in [-0.39, 0.29) is 25.7 Å². The number of rotatable bonds is 53. The van der Waals surface area contributed by atoms with Gasteiger partial charge >= 0.3 is 39.5 Å². The van der Waals surface area contributed by atoms with Crippen molar-refractivity contribution in [2.75, 3.05) is 39.6 Å². The fourth-order valence-corrected chi connectivity index (χ4v) is 9.22. The summed E-state index contributed by atoms with van der Waals surface area (Å²) < 4.78 is 67.1. The molecule has 0 saturated heterocycles. The van der Waals surface area contributed by atoms with Crippen LogP contribution in [0.15, 0.2) is 0 Å². The average Bonchev–Trinajstić information content (AvgIpc) is 3.34. The zero-order valence-electron chi connectivity index (χ0n) is 45.5. The van der Waals surface area contributed by atoms with Crippen LogP contribution in [0.3, 0.4) is 0 Å². The van der Waals surface area contributed by atoms with E-state index in [1.807, 2.05) is 0 Å². The predicted octanol–water partition coefficient (Wildman–Crippen LogP) is 13.5. The molecule has 0 bridgehead atoms. The van der Waals surface area contributed by atoms with Crippen LogP contribution in [0.5, 0.6) is 0 Å². The largest absolute Gasteiger partial charge is 0.472 e. The van der Waals surface area contributed by atoms with Gasteiger partial charge in [0.05, 0.1) is 26.4 Å². The number of phosphoric acid groups is 2. The maximum absolute atomic E-state index is 12.9. The topological polar surface area (TPSA) is 237 Å². The molecule has 17 nitrogen and oxygen atoms in total. The van der Waals surface area contributed by atoms with Crippen LogP contribution in [-0.4, -0.2) is 96.7 Å². The van der Waals surface area contributed by atoms with Crippen LogP contribution in [0.4, 0.5) is 0 Å². The third-order valence-electron chi connectivity index (χ3n) is 12.0. The van der Waals surface area contributed by atoms with Crippen molar-refractivity contribution >= 4 is 39.5 Å². The van der Waals surface area contributed by atoms with Crippen LogP contribution in [0.1, 0.15) is 253 Å². The number of unbranched alkanes of at least 4 members (excludes halogenated alkanes) is 25. The molecule has 0 aromatic heterocycles. The maximum Gasteiger partial charge on any atom is 0.472 e. The van der Waals surface area contributed by atoms with E-state index in [0.29, 0.717) is 25.7 Å². The van der Waals surface area contributed by atoms with E-state index in [1.54, 1.807) is 0 Å². The molecule has 0 saturated carbocycles. The Bertz CT molecular complexity index is 1430. The van der Waals surface area contributed by atoms with Crippen LogP contribution < -0.4 is 0 Å². The van der Waals surface area contributed by atoms with Gasteiger partial charge in [0.15, 0.2) is 12.2 Å². The molecule has 0 radical (unpaired) electrons. The standard InChI is InChI=1S/C53H102O17P2/c1-6-9-12-15-16-19-23-28-32-37-51(56)64-43-49(70-53(58)39-34-29-24-21-18-17-20-22-27-30-35-46(4)5)45-68-72(61,62)66-41-47(54)40-65-71(59,60)67-44-48(69-52(57)38-33-26-14-11-8-3)42-63-50(55)36-31-25-13-10-7-2/h46-49,54H,6-45H2,1-5H3,(H,59,60)(H,61,62)/t47-,48+,49+/m0/s1. The van der Waals surface area contributed by atoms with Crippen LogP contribution in [-0.2, 0) is 65.4 Å². The van der Waals surface area contributed by atoms with Crippen molar-refractivity contribution in [1.82, 2.24) is 0 Å². The van der Waals surface area contributed by atoms with E-state index >= 15 is 0 Å². The van der Waals surface area contributed by atoms with Crippen molar-refractivity contribution in [3.8, 4) is 0 Å². The van der Waals surface area contributed by atoms with Gasteiger partial charge in [-0.2, -0.15) is 0 Å². The Kier molecular flexibility index (Phi) is 46.2. The summed E-state index contributed by atoms with van der Waals surface area (Å²) in [7, 11) is -9.84. The summed E-state index contributed by atoms with van der Waals surface area (Å²) in [6.07, 6.45) is 27.4. The minimum atomic E-state index is -4.93. The number of hydrogen-bond acceptors (Lipinski definition) is 15. The van der Waals surface area contributed by atoms with Gasteiger partial charge in [-0.15, -0.1) is 0 Å². The third-order valence-corrected chi connectivity index (χ3v) is 13.9. The fourth-order valence-electron chi connectivity index (χ4n) is 7.64. The van der Waals surface area contributed by atoms with Gasteiger partial charge in [0.1, 0.15) is 19.3 Å². The molecule has 0 aliphatic carbocycles. The highest BCUT2D eigenvalue weighted by Gasteiger charge is 2.30. The summed E-state index contributed by atoms with van der Waals surface area (Å²) in [5.74, 6) is -1.42. The van der Waals surface area contributed by atoms with Gasteiger partial charge in [-0.3, -0.25) is 37.3 Å². The molecule has 3 N–H and O–H groups in total. The molecule has 72 heavy (non-hydrogen) atoms. The van der Waals surface area contributed by atoms with Crippen molar-refractivity contribution in [2.45, 2.75) is 271 Å². The molecule has 5 atom stereocenters. The normalized spacial score (nSPS) is 14.6. The van der Waals surface area contributed by atoms with Crippen LogP contribution in [0.25, 0.3) is 0 Å². The molecule has 0 fully saturated rings. The number of carbonyl (C=O) groups excluding carboxylic acids is 4. The van der Waals surface area contributed by atoms with Gasteiger partial charge in [-0.25, -0.2) is 9.13 Å². The number of ether oxygens (including phenoxy) is 4. The molecule has 0 aromatic carbocycles. The zero-order chi connectivity index (χ0) is 53.6. The van der Waals surface area contributed by atoms with E-state index < -0.39 is 97.5 Å². The number of carbonyl (C=O) groups is 4. The first-order chi connectivity index (χ1) is 34.5. The summed E-state index contributed by atoms with van der Waals surface area (Å²) >= 11 is 0. The van der Waals surface area contributed by atoms with Crippen molar-refractivity contribution in [1.29, 1.82) is 0 Å². The first-order valence-electron chi connectivity index (χ1n) is 28.1. The SMILES string of the molecule is CCCCCCCCCCCC(=O)OC[C@H](COP(=O)(O)OC[C@@H](O)COP(=O)(O)OC[C@@H](COC(=O)CCCCCCC)OC(=O)CCCCCCC)OC(=O)CCCCCCCCCCCCC(C)C. The molecule has 426 valence electrons. The number of aliphatic hydroxyl groups excluding tert-OH is 1. The lowest BCUT2D eigenvalue weighted by atomic mass is 10.0. The van der Waals surface area contributed by atoms with Crippen LogP contribution in [0.2, 0.25) is 0 Å². The number of phosphoric ester groups is 2.